The van der Waals surface area contributed by atoms with Crippen molar-refractivity contribution in [3.8, 4) is 0 Å². The monoisotopic (exact) mass is 298 g/mol. The van der Waals surface area contributed by atoms with Crippen molar-refractivity contribution in [1.82, 2.24) is 10.2 Å². The normalized spacial score (nSPS) is 20.0. The van der Waals surface area contributed by atoms with Gasteiger partial charge in [0.05, 0.1) is 6.42 Å². The predicted octanol–water partition coefficient (Wildman–Crippen LogP) is 2.95. The number of rotatable bonds is 5. The molecular weight excluding hydrogens is 268 g/mol. The molecule has 5 nitrogen and oxygen atoms in total. The van der Waals surface area contributed by atoms with Crippen LogP contribution in [0.1, 0.15) is 54.9 Å². The maximum atomic E-state index is 12.4. The van der Waals surface area contributed by atoms with Crippen molar-refractivity contribution >= 4 is 12.0 Å². The van der Waals surface area contributed by atoms with Crippen LogP contribution in [0.5, 0.6) is 0 Å². The molecule has 0 heterocycles. The summed E-state index contributed by atoms with van der Waals surface area (Å²) in [7, 11) is 0. The lowest BCUT2D eigenvalue weighted by molar-refractivity contribution is -0.137. The highest BCUT2D eigenvalue weighted by Crippen LogP contribution is 2.67. The molecule has 0 aromatic rings. The average molecular weight is 298 g/mol. The van der Waals surface area contributed by atoms with Gasteiger partial charge in [-0.1, -0.05) is 27.7 Å². The first-order chi connectivity index (χ1) is 9.31. The molecule has 1 saturated carbocycles. The Bertz CT molecular complexity index is 408. The van der Waals surface area contributed by atoms with Gasteiger partial charge < -0.3 is 15.3 Å². The highest BCUT2D eigenvalue weighted by atomic mass is 16.4. The van der Waals surface area contributed by atoms with Gasteiger partial charge in [0.25, 0.3) is 0 Å². The van der Waals surface area contributed by atoms with E-state index in [2.05, 4.69) is 33.0 Å². The molecule has 1 rings (SSSR count). The minimum absolute atomic E-state index is 0.0366. The van der Waals surface area contributed by atoms with Crippen LogP contribution in [0, 0.1) is 16.7 Å². The fourth-order valence-electron chi connectivity index (χ4n) is 3.08. The summed E-state index contributed by atoms with van der Waals surface area (Å²) in [6.45, 7) is 15.5. The zero-order chi connectivity index (χ0) is 16.6. The van der Waals surface area contributed by atoms with Crippen LogP contribution in [0.15, 0.2) is 0 Å². The van der Waals surface area contributed by atoms with E-state index in [1.807, 2.05) is 20.8 Å². The van der Waals surface area contributed by atoms with E-state index in [-0.39, 0.29) is 29.8 Å². The van der Waals surface area contributed by atoms with Gasteiger partial charge in [-0.2, -0.15) is 0 Å². The summed E-state index contributed by atoms with van der Waals surface area (Å²) in [4.78, 5) is 24.7. The average Bonchev–Trinajstić information content (AvgIpc) is 2.64. The summed E-state index contributed by atoms with van der Waals surface area (Å²) in [5, 5.41) is 11.8. The molecule has 1 fully saturated rings. The van der Waals surface area contributed by atoms with Crippen molar-refractivity contribution in [3.05, 3.63) is 0 Å². The van der Waals surface area contributed by atoms with Crippen molar-refractivity contribution in [2.24, 2.45) is 16.7 Å². The van der Waals surface area contributed by atoms with Crippen LogP contribution in [0.4, 0.5) is 4.79 Å². The predicted molar refractivity (Wildman–Crippen MR) is 83.2 cm³/mol. The van der Waals surface area contributed by atoms with Crippen LogP contribution in [0.25, 0.3) is 0 Å². The third-order valence-electron chi connectivity index (χ3n) is 5.38. The second kappa shape index (κ2) is 5.50. The summed E-state index contributed by atoms with van der Waals surface area (Å²) in [6.07, 6.45) is -0.0366. The molecule has 0 aliphatic heterocycles. The fourth-order valence-corrected chi connectivity index (χ4v) is 3.08. The number of carbonyl (C=O) groups excluding carboxylic acids is 1. The zero-order valence-electron chi connectivity index (χ0n) is 14.4. The molecule has 2 amide bonds. The number of hydrogen-bond acceptors (Lipinski definition) is 2. The van der Waals surface area contributed by atoms with Gasteiger partial charge >= 0.3 is 12.0 Å². The maximum absolute atomic E-state index is 12.4. The molecule has 0 radical (unpaired) electrons. The summed E-state index contributed by atoms with van der Waals surface area (Å²) < 4.78 is 0. The van der Waals surface area contributed by atoms with Crippen LogP contribution in [0.2, 0.25) is 0 Å². The lowest BCUT2D eigenvalue weighted by atomic mass is 10.0. The number of hydrogen-bond donors (Lipinski definition) is 2. The Balaban J connectivity index is 2.60. The lowest BCUT2D eigenvalue weighted by Gasteiger charge is -2.35. The van der Waals surface area contributed by atoms with Gasteiger partial charge in [0.2, 0.25) is 0 Å². The lowest BCUT2D eigenvalue weighted by Crippen LogP contribution is -2.51. The molecule has 2 N–H and O–H groups in total. The van der Waals surface area contributed by atoms with E-state index >= 15 is 0 Å². The molecule has 0 saturated heterocycles. The largest absolute Gasteiger partial charge is 0.481 e. The van der Waals surface area contributed by atoms with Crippen LogP contribution < -0.4 is 5.32 Å². The Morgan fingerprint density at radius 3 is 1.95 bits per heavy atom. The smallest absolute Gasteiger partial charge is 0.317 e. The maximum Gasteiger partial charge on any atom is 0.317 e. The molecular formula is C16H30N2O3. The Morgan fingerprint density at radius 1 is 1.14 bits per heavy atom. The summed E-state index contributed by atoms with van der Waals surface area (Å²) in [5.41, 5.74) is 0.0654. The van der Waals surface area contributed by atoms with Crippen LogP contribution in [0.3, 0.4) is 0 Å². The van der Waals surface area contributed by atoms with Crippen LogP contribution >= 0.6 is 0 Å². The molecule has 0 bridgehead atoms. The quantitative estimate of drug-likeness (QED) is 0.820. The highest BCUT2D eigenvalue weighted by molar-refractivity contribution is 5.76. The van der Waals surface area contributed by atoms with Gasteiger partial charge in [-0.05, 0) is 37.5 Å². The molecule has 0 spiro atoms. The molecule has 0 unspecified atom stereocenters. The van der Waals surface area contributed by atoms with Gasteiger partial charge in [0.1, 0.15) is 0 Å². The number of aliphatic carboxylic acids is 1. The van der Waals surface area contributed by atoms with Crippen molar-refractivity contribution in [1.29, 1.82) is 0 Å². The Kier molecular flexibility index (Phi) is 4.66. The summed E-state index contributed by atoms with van der Waals surface area (Å²) in [6, 6.07) is -0.178. The van der Waals surface area contributed by atoms with Crippen molar-refractivity contribution < 1.29 is 14.7 Å². The van der Waals surface area contributed by atoms with E-state index < -0.39 is 11.5 Å². The SMILES string of the molecule is CC(C)(C)N(CCC(=O)O)C(=O)NCC1C(C)(C)C1(C)C. The second-order valence-electron chi connectivity index (χ2n) is 8.15. The van der Waals surface area contributed by atoms with E-state index in [0.717, 1.165) is 0 Å². The zero-order valence-corrected chi connectivity index (χ0v) is 14.4. The Hall–Kier alpha value is -1.26. The van der Waals surface area contributed by atoms with E-state index in [1.54, 1.807) is 4.90 Å². The van der Waals surface area contributed by atoms with E-state index in [0.29, 0.717) is 12.5 Å². The van der Waals surface area contributed by atoms with Gasteiger partial charge in [0.15, 0.2) is 0 Å². The number of amides is 2. The fraction of sp³-hybridized carbons (Fsp3) is 0.875. The minimum Gasteiger partial charge on any atom is -0.481 e. The van der Waals surface area contributed by atoms with Gasteiger partial charge in [-0.3, -0.25) is 4.79 Å². The van der Waals surface area contributed by atoms with Crippen molar-refractivity contribution in [2.75, 3.05) is 13.1 Å². The number of carbonyl (C=O) groups is 2. The number of nitrogens with zero attached hydrogens (tertiary/aromatic N) is 1. The highest BCUT2D eigenvalue weighted by Gasteiger charge is 2.64. The number of urea groups is 1. The van der Waals surface area contributed by atoms with E-state index in [1.165, 1.54) is 0 Å². The third-order valence-corrected chi connectivity index (χ3v) is 5.38. The molecule has 21 heavy (non-hydrogen) atoms. The number of carboxylic acid groups (broad SMARTS) is 1. The number of nitrogens with one attached hydrogen (secondary N) is 1. The Labute approximate surface area is 128 Å². The van der Waals surface area contributed by atoms with E-state index in [4.69, 9.17) is 5.11 Å². The molecule has 0 aromatic heterocycles. The van der Waals surface area contributed by atoms with Gasteiger partial charge in [0, 0.05) is 18.6 Å². The van der Waals surface area contributed by atoms with Crippen molar-refractivity contribution in [2.45, 2.75) is 60.4 Å². The van der Waals surface area contributed by atoms with E-state index in [9.17, 15) is 9.59 Å². The summed E-state index contributed by atoms with van der Waals surface area (Å²) in [5.74, 6) is -0.434. The molecule has 122 valence electrons. The van der Waals surface area contributed by atoms with Crippen LogP contribution in [-0.2, 0) is 4.79 Å². The first-order valence-electron chi connectivity index (χ1n) is 7.59. The van der Waals surface area contributed by atoms with Gasteiger partial charge in [-0.15, -0.1) is 0 Å². The standard InChI is InChI=1S/C16H30N2O3/c1-14(2,3)18(9-8-12(19)20)13(21)17-10-11-15(4,5)16(11,6)7/h11H,8-10H2,1-7H3,(H,17,21)(H,19,20). The summed E-state index contributed by atoms with van der Waals surface area (Å²) >= 11 is 0. The van der Waals surface area contributed by atoms with Crippen LogP contribution in [-0.4, -0.2) is 40.6 Å². The molecule has 1 aliphatic rings. The second-order valence-corrected chi connectivity index (χ2v) is 8.15. The molecule has 0 atom stereocenters. The third kappa shape index (κ3) is 3.69. The topological polar surface area (TPSA) is 69.6 Å². The number of carboxylic acids is 1. The molecule has 5 heteroatoms. The van der Waals surface area contributed by atoms with Crippen molar-refractivity contribution in [3.63, 3.8) is 0 Å². The molecule has 0 aromatic carbocycles. The minimum atomic E-state index is -0.887. The Morgan fingerprint density at radius 2 is 1.62 bits per heavy atom. The molecule has 1 aliphatic carbocycles. The first kappa shape index (κ1) is 17.8. The van der Waals surface area contributed by atoms with Gasteiger partial charge in [-0.25, -0.2) is 4.79 Å². The first-order valence-corrected chi connectivity index (χ1v) is 7.59.